The Labute approximate surface area is 138 Å². The van der Waals surface area contributed by atoms with Gasteiger partial charge in [0.05, 0.1) is 12.7 Å². The fourth-order valence-electron chi connectivity index (χ4n) is 2.30. The van der Waals surface area contributed by atoms with E-state index in [4.69, 9.17) is 14.2 Å². The predicted molar refractivity (Wildman–Crippen MR) is 88.9 cm³/mol. The van der Waals surface area contributed by atoms with Crippen molar-refractivity contribution >= 4 is 5.91 Å². The molecule has 1 amide bonds. The maximum absolute atomic E-state index is 11.8. The van der Waals surface area contributed by atoms with Crippen molar-refractivity contribution in [3.63, 3.8) is 0 Å². The molecule has 5 nitrogen and oxygen atoms in total. The van der Waals surface area contributed by atoms with Gasteiger partial charge in [-0.1, -0.05) is 19.9 Å². The molecule has 0 aliphatic carbocycles. The van der Waals surface area contributed by atoms with Crippen molar-refractivity contribution < 1.29 is 19.0 Å². The number of carbonyl (C=O) groups excluding carboxylic acids is 1. The van der Waals surface area contributed by atoms with E-state index in [0.717, 1.165) is 31.6 Å². The highest BCUT2D eigenvalue weighted by Crippen LogP contribution is 2.20. The first kappa shape index (κ1) is 17.6. The van der Waals surface area contributed by atoms with Crippen LogP contribution in [-0.2, 0) is 9.53 Å². The van der Waals surface area contributed by atoms with E-state index in [1.165, 1.54) is 0 Å². The smallest absolute Gasteiger partial charge is 0.258 e. The molecule has 1 heterocycles. The summed E-state index contributed by atoms with van der Waals surface area (Å²) < 4.78 is 16.7. The third kappa shape index (κ3) is 6.91. The van der Waals surface area contributed by atoms with Gasteiger partial charge in [0.25, 0.3) is 5.91 Å². The Balaban J connectivity index is 1.68. The molecule has 0 saturated carbocycles. The van der Waals surface area contributed by atoms with E-state index in [-0.39, 0.29) is 18.6 Å². The second kappa shape index (κ2) is 9.40. The summed E-state index contributed by atoms with van der Waals surface area (Å²) in [6, 6.07) is 7.39. The monoisotopic (exact) mass is 321 g/mol. The topological polar surface area (TPSA) is 56.8 Å². The van der Waals surface area contributed by atoms with E-state index >= 15 is 0 Å². The first-order valence-electron chi connectivity index (χ1n) is 8.37. The first-order chi connectivity index (χ1) is 11.1. The summed E-state index contributed by atoms with van der Waals surface area (Å²) in [5.74, 6) is 1.89. The van der Waals surface area contributed by atoms with Crippen molar-refractivity contribution in [2.75, 3.05) is 26.4 Å². The fraction of sp³-hybridized carbons (Fsp3) is 0.611. The van der Waals surface area contributed by atoms with Crippen molar-refractivity contribution in [2.45, 2.75) is 39.2 Å². The Morgan fingerprint density at radius 1 is 1.35 bits per heavy atom. The molecule has 1 fully saturated rings. The van der Waals surface area contributed by atoms with Gasteiger partial charge in [0.2, 0.25) is 0 Å². The van der Waals surface area contributed by atoms with Crippen molar-refractivity contribution in [1.29, 1.82) is 0 Å². The zero-order valence-electron chi connectivity index (χ0n) is 14.0. The number of rotatable bonds is 9. The van der Waals surface area contributed by atoms with E-state index in [0.29, 0.717) is 24.8 Å². The third-order valence-electron chi connectivity index (χ3n) is 3.69. The molecule has 1 aliphatic rings. The number of nitrogens with one attached hydrogen (secondary N) is 1. The Kier molecular flexibility index (Phi) is 7.20. The minimum absolute atomic E-state index is 0.00215. The molecule has 0 aromatic heterocycles. The summed E-state index contributed by atoms with van der Waals surface area (Å²) in [4.78, 5) is 11.8. The molecule has 128 valence electrons. The zero-order chi connectivity index (χ0) is 16.5. The van der Waals surface area contributed by atoms with Gasteiger partial charge in [-0.15, -0.1) is 0 Å². The summed E-state index contributed by atoms with van der Waals surface area (Å²) in [7, 11) is 0. The van der Waals surface area contributed by atoms with Crippen LogP contribution in [0.15, 0.2) is 24.3 Å². The Bertz CT molecular complexity index is 484. The molecule has 1 aromatic rings. The van der Waals surface area contributed by atoms with E-state index in [1.807, 2.05) is 24.3 Å². The van der Waals surface area contributed by atoms with Gasteiger partial charge < -0.3 is 19.5 Å². The molecule has 0 radical (unpaired) electrons. The van der Waals surface area contributed by atoms with Crippen LogP contribution in [0.1, 0.15) is 33.1 Å². The fourth-order valence-corrected chi connectivity index (χ4v) is 2.30. The number of hydrogen-bond acceptors (Lipinski definition) is 4. The summed E-state index contributed by atoms with van der Waals surface area (Å²) in [6.07, 6.45) is 3.24. The largest absolute Gasteiger partial charge is 0.493 e. The molecule has 23 heavy (non-hydrogen) atoms. The number of hydrogen-bond donors (Lipinski definition) is 1. The summed E-state index contributed by atoms with van der Waals surface area (Å²) in [6.45, 7) is 6.36. The molecule has 1 atom stereocenters. The van der Waals surface area contributed by atoms with Gasteiger partial charge >= 0.3 is 0 Å². The number of ether oxygens (including phenoxy) is 3. The van der Waals surface area contributed by atoms with Gasteiger partial charge in [-0.3, -0.25) is 4.79 Å². The SMILES string of the molecule is CC(C)CCOc1cccc(OCC(=O)NC[C@H]2CCCO2)c1. The van der Waals surface area contributed by atoms with E-state index in [1.54, 1.807) is 0 Å². The second-order valence-corrected chi connectivity index (χ2v) is 6.23. The van der Waals surface area contributed by atoms with Gasteiger partial charge in [-0.05, 0) is 37.3 Å². The Hall–Kier alpha value is -1.75. The Morgan fingerprint density at radius 3 is 2.83 bits per heavy atom. The maximum atomic E-state index is 11.8. The zero-order valence-corrected chi connectivity index (χ0v) is 14.0. The molecule has 1 aliphatic heterocycles. The third-order valence-corrected chi connectivity index (χ3v) is 3.69. The quantitative estimate of drug-likeness (QED) is 0.760. The molecule has 0 spiro atoms. The molecule has 1 aromatic carbocycles. The molecule has 0 unspecified atom stereocenters. The molecule has 2 rings (SSSR count). The van der Waals surface area contributed by atoms with E-state index < -0.39 is 0 Å². The first-order valence-corrected chi connectivity index (χ1v) is 8.37. The average Bonchev–Trinajstić information content (AvgIpc) is 3.04. The van der Waals surface area contributed by atoms with Crippen molar-refractivity contribution in [1.82, 2.24) is 5.32 Å². The van der Waals surface area contributed by atoms with Crippen LogP contribution in [0.3, 0.4) is 0 Å². The van der Waals surface area contributed by atoms with E-state index in [9.17, 15) is 4.79 Å². The molecule has 5 heteroatoms. The maximum Gasteiger partial charge on any atom is 0.258 e. The highest BCUT2D eigenvalue weighted by Gasteiger charge is 2.16. The summed E-state index contributed by atoms with van der Waals surface area (Å²) >= 11 is 0. The van der Waals surface area contributed by atoms with Crippen molar-refractivity contribution in [3.8, 4) is 11.5 Å². The van der Waals surface area contributed by atoms with Crippen LogP contribution in [0, 0.1) is 5.92 Å². The lowest BCUT2D eigenvalue weighted by Gasteiger charge is -2.12. The minimum Gasteiger partial charge on any atom is -0.493 e. The highest BCUT2D eigenvalue weighted by molar-refractivity contribution is 5.77. The summed E-state index contributed by atoms with van der Waals surface area (Å²) in [5, 5.41) is 2.84. The van der Waals surface area contributed by atoms with Crippen LogP contribution in [0.25, 0.3) is 0 Å². The highest BCUT2D eigenvalue weighted by atomic mass is 16.5. The standard InChI is InChI=1S/C18H27NO4/c1-14(2)8-10-22-15-5-3-6-16(11-15)23-13-18(20)19-12-17-7-4-9-21-17/h3,5-6,11,14,17H,4,7-10,12-13H2,1-2H3,(H,19,20)/t17-/m1/s1. The predicted octanol–water partition coefficient (Wildman–Crippen LogP) is 2.79. The van der Waals surface area contributed by atoms with Gasteiger partial charge in [0, 0.05) is 19.2 Å². The van der Waals surface area contributed by atoms with Gasteiger partial charge in [0.15, 0.2) is 6.61 Å². The van der Waals surface area contributed by atoms with Crippen molar-refractivity contribution in [2.24, 2.45) is 5.92 Å². The van der Waals surface area contributed by atoms with Gasteiger partial charge in [-0.2, -0.15) is 0 Å². The van der Waals surface area contributed by atoms with Crippen LogP contribution in [0.5, 0.6) is 11.5 Å². The number of benzene rings is 1. The number of carbonyl (C=O) groups is 1. The Morgan fingerprint density at radius 2 is 2.13 bits per heavy atom. The van der Waals surface area contributed by atoms with Crippen molar-refractivity contribution in [3.05, 3.63) is 24.3 Å². The average molecular weight is 321 g/mol. The molecule has 1 N–H and O–H groups in total. The normalized spacial score (nSPS) is 17.3. The van der Waals surface area contributed by atoms with Gasteiger partial charge in [-0.25, -0.2) is 0 Å². The molecular weight excluding hydrogens is 294 g/mol. The minimum atomic E-state index is -0.133. The van der Waals surface area contributed by atoms with Crippen LogP contribution in [0.2, 0.25) is 0 Å². The summed E-state index contributed by atoms with van der Waals surface area (Å²) in [5.41, 5.74) is 0. The molecular formula is C18H27NO4. The lowest BCUT2D eigenvalue weighted by atomic mass is 10.1. The van der Waals surface area contributed by atoms with Crippen LogP contribution in [0.4, 0.5) is 0 Å². The van der Waals surface area contributed by atoms with Crippen LogP contribution >= 0.6 is 0 Å². The lowest BCUT2D eigenvalue weighted by molar-refractivity contribution is -0.123. The van der Waals surface area contributed by atoms with Crippen LogP contribution in [-0.4, -0.2) is 38.4 Å². The lowest BCUT2D eigenvalue weighted by Crippen LogP contribution is -2.35. The second-order valence-electron chi connectivity index (χ2n) is 6.23. The van der Waals surface area contributed by atoms with Gasteiger partial charge in [0.1, 0.15) is 11.5 Å². The van der Waals surface area contributed by atoms with Crippen LogP contribution < -0.4 is 14.8 Å². The molecule has 1 saturated heterocycles. The number of amides is 1. The molecule has 0 bridgehead atoms. The van der Waals surface area contributed by atoms with E-state index in [2.05, 4.69) is 19.2 Å².